The summed E-state index contributed by atoms with van der Waals surface area (Å²) in [5, 5.41) is 8.74. The smallest absolute Gasteiger partial charge is 0.303 e. The maximum atomic E-state index is 12.6. The average Bonchev–Trinajstić information content (AvgIpc) is 2.99. The molecule has 0 bridgehead atoms. The number of hydrogen-bond acceptors (Lipinski definition) is 4. The lowest BCUT2D eigenvalue weighted by atomic mass is 10.2. The van der Waals surface area contributed by atoms with E-state index >= 15 is 0 Å². The molecule has 0 aliphatic rings. The van der Waals surface area contributed by atoms with E-state index in [-0.39, 0.29) is 25.4 Å². The first-order chi connectivity index (χ1) is 12.1. The Hall–Kier alpha value is -3.15. The first-order valence-corrected chi connectivity index (χ1v) is 8.04. The van der Waals surface area contributed by atoms with Crippen LogP contribution in [0.1, 0.15) is 29.9 Å². The molecule has 1 heterocycles. The van der Waals surface area contributed by atoms with E-state index in [0.29, 0.717) is 29.0 Å². The van der Waals surface area contributed by atoms with Crippen LogP contribution in [0.2, 0.25) is 0 Å². The Morgan fingerprint density at radius 1 is 1.00 bits per heavy atom. The number of carbonyl (C=O) groups excluding carboxylic acids is 1. The summed E-state index contributed by atoms with van der Waals surface area (Å²) in [4.78, 5) is 27.8. The molecular weight excluding hydrogens is 320 g/mol. The molecule has 1 N–H and O–H groups in total. The number of rotatable bonds is 7. The molecule has 0 saturated heterocycles. The molecule has 0 fully saturated rings. The minimum absolute atomic E-state index is 0.0335. The van der Waals surface area contributed by atoms with Crippen LogP contribution in [0.5, 0.6) is 5.75 Å². The molecule has 0 saturated carbocycles. The first-order valence-electron chi connectivity index (χ1n) is 8.04. The lowest BCUT2D eigenvalue weighted by Gasteiger charge is -2.09. The summed E-state index contributed by atoms with van der Waals surface area (Å²) in [6.45, 7) is 0.156. The van der Waals surface area contributed by atoms with Gasteiger partial charge in [-0.3, -0.25) is 14.2 Å². The predicted octanol–water partition coefficient (Wildman–Crippen LogP) is 3.51. The van der Waals surface area contributed by atoms with Crippen LogP contribution in [0.4, 0.5) is 0 Å². The Balaban J connectivity index is 1.84. The number of fused-ring (bicyclic) bond motifs is 1. The van der Waals surface area contributed by atoms with E-state index in [1.54, 1.807) is 0 Å². The number of imidazole rings is 1. The summed E-state index contributed by atoms with van der Waals surface area (Å²) in [5.41, 5.74) is 1.41. The standard InChI is InChI=1S/C19H18N2O4/c22-18(11-6-12-19(23)24)21-16-10-5-4-9-15(16)20-17(21)13-25-14-7-2-1-3-8-14/h1-5,7-10H,6,11-13H2,(H,23,24). The summed E-state index contributed by atoms with van der Waals surface area (Å²) in [5.74, 6) is 0.113. The van der Waals surface area contributed by atoms with Gasteiger partial charge in [-0.1, -0.05) is 30.3 Å². The first kappa shape index (κ1) is 16.7. The number of aliphatic carboxylic acids is 1. The van der Waals surface area contributed by atoms with Crippen LogP contribution in [0, 0.1) is 0 Å². The van der Waals surface area contributed by atoms with Crippen LogP contribution in [0.15, 0.2) is 54.6 Å². The highest BCUT2D eigenvalue weighted by Crippen LogP contribution is 2.19. The van der Waals surface area contributed by atoms with Gasteiger partial charge in [-0.25, -0.2) is 4.98 Å². The van der Waals surface area contributed by atoms with E-state index in [2.05, 4.69) is 4.98 Å². The second-order valence-corrected chi connectivity index (χ2v) is 5.59. The zero-order valence-corrected chi connectivity index (χ0v) is 13.6. The Labute approximate surface area is 144 Å². The number of nitrogens with zero attached hydrogens (tertiary/aromatic N) is 2. The second-order valence-electron chi connectivity index (χ2n) is 5.59. The van der Waals surface area contributed by atoms with E-state index in [9.17, 15) is 9.59 Å². The highest BCUT2D eigenvalue weighted by Gasteiger charge is 2.17. The Morgan fingerprint density at radius 3 is 2.48 bits per heavy atom. The molecule has 0 amide bonds. The lowest BCUT2D eigenvalue weighted by Crippen LogP contribution is -2.16. The fraction of sp³-hybridized carbons (Fsp3) is 0.211. The van der Waals surface area contributed by atoms with Crippen LogP contribution in [0.3, 0.4) is 0 Å². The van der Waals surface area contributed by atoms with Crippen molar-refractivity contribution in [1.82, 2.24) is 9.55 Å². The largest absolute Gasteiger partial charge is 0.486 e. The average molecular weight is 338 g/mol. The van der Waals surface area contributed by atoms with Gasteiger partial charge in [0.05, 0.1) is 11.0 Å². The van der Waals surface area contributed by atoms with E-state index in [4.69, 9.17) is 9.84 Å². The number of carboxylic acids is 1. The topological polar surface area (TPSA) is 81.4 Å². The molecule has 1 aromatic heterocycles. The third-order valence-electron chi connectivity index (χ3n) is 3.77. The van der Waals surface area contributed by atoms with Gasteiger partial charge in [0.1, 0.15) is 12.4 Å². The molecule has 0 atom stereocenters. The van der Waals surface area contributed by atoms with Gasteiger partial charge in [0.2, 0.25) is 5.91 Å². The zero-order valence-electron chi connectivity index (χ0n) is 13.6. The maximum Gasteiger partial charge on any atom is 0.303 e. The molecule has 0 aliphatic carbocycles. The van der Waals surface area contributed by atoms with Crippen molar-refractivity contribution in [3.8, 4) is 5.75 Å². The molecule has 0 aliphatic heterocycles. The Bertz CT molecular complexity index is 887. The fourth-order valence-electron chi connectivity index (χ4n) is 2.62. The summed E-state index contributed by atoms with van der Waals surface area (Å²) in [6.07, 6.45) is 0.402. The molecule has 25 heavy (non-hydrogen) atoms. The molecule has 0 unspecified atom stereocenters. The zero-order chi connectivity index (χ0) is 17.6. The third-order valence-corrected chi connectivity index (χ3v) is 3.77. The van der Waals surface area contributed by atoms with Crippen molar-refractivity contribution < 1.29 is 19.4 Å². The van der Waals surface area contributed by atoms with Gasteiger partial charge in [-0.05, 0) is 30.7 Å². The highest BCUT2D eigenvalue weighted by atomic mass is 16.5. The quantitative estimate of drug-likeness (QED) is 0.713. The van der Waals surface area contributed by atoms with Gasteiger partial charge in [0.25, 0.3) is 0 Å². The number of para-hydroxylation sites is 3. The van der Waals surface area contributed by atoms with Gasteiger partial charge in [0.15, 0.2) is 5.82 Å². The van der Waals surface area contributed by atoms with Gasteiger partial charge in [0, 0.05) is 12.8 Å². The van der Waals surface area contributed by atoms with Crippen LogP contribution >= 0.6 is 0 Å². The summed E-state index contributed by atoms with van der Waals surface area (Å²) in [7, 11) is 0. The minimum Gasteiger partial charge on any atom is -0.486 e. The summed E-state index contributed by atoms with van der Waals surface area (Å²) >= 11 is 0. The van der Waals surface area contributed by atoms with Crippen LogP contribution in [-0.2, 0) is 11.4 Å². The predicted molar refractivity (Wildman–Crippen MR) is 92.6 cm³/mol. The van der Waals surface area contributed by atoms with Crippen molar-refractivity contribution in [3.05, 3.63) is 60.4 Å². The number of aromatic nitrogens is 2. The van der Waals surface area contributed by atoms with Gasteiger partial charge < -0.3 is 9.84 Å². The number of carbonyl (C=O) groups is 2. The van der Waals surface area contributed by atoms with Crippen molar-refractivity contribution in [2.45, 2.75) is 25.9 Å². The summed E-state index contributed by atoms with van der Waals surface area (Å²) in [6, 6.07) is 16.7. The highest BCUT2D eigenvalue weighted by molar-refractivity contribution is 5.91. The normalized spacial score (nSPS) is 10.7. The van der Waals surface area contributed by atoms with E-state index in [1.165, 1.54) is 4.57 Å². The van der Waals surface area contributed by atoms with Crippen molar-refractivity contribution >= 4 is 22.9 Å². The summed E-state index contributed by atoms with van der Waals surface area (Å²) < 4.78 is 7.25. The molecule has 2 aromatic carbocycles. The lowest BCUT2D eigenvalue weighted by molar-refractivity contribution is -0.137. The maximum absolute atomic E-state index is 12.6. The number of ether oxygens (including phenoxy) is 1. The van der Waals surface area contributed by atoms with E-state index in [0.717, 1.165) is 0 Å². The van der Waals surface area contributed by atoms with Gasteiger partial charge in [-0.15, -0.1) is 0 Å². The molecule has 128 valence electrons. The Morgan fingerprint density at radius 2 is 1.72 bits per heavy atom. The molecule has 6 nitrogen and oxygen atoms in total. The van der Waals surface area contributed by atoms with E-state index in [1.807, 2.05) is 54.6 Å². The van der Waals surface area contributed by atoms with Crippen molar-refractivity contribution in [2.75, 3.05) is 0 Å². The number of benzene rings is 2. The van der Waals surface area contributed by atoms with Crippen LogP contribution in [-0.4, -0.2) is 26.5 Å². The van der Waals surface area contributed by atoms with E-state index < -0.39 is 5.97 Å². The second kappa shape index (κ2) is 7.61. The molecule has 0 radical (unpaired) electrons. The van der Waals surface area contributed by atoms with Gasteiger partial charge in [-0.2, -0.15) is 0 Å². The van der Waals surface area contributed by atoms with Gasteiger partial charge >= 0.3 is 5.97 Å². The third kappa shape index (κ3) is 4.03. The van der Waals surface area contributed by atoms with Crippen molar-refractivity contribution in [2.24, 2.45) is 0 Å². The monoisotopic (exact) mass is 338 g/mol. The number of hydrogen-bond donors (Lipinski definition) is 1. The number of carboxylic acid groups (broad SMARTS) is 1. The molecule has 0 spiro atoms. The van der Waals surface area contributed by atoms with Crippen molar-refractivity contribution in [1.29, 1.82) is 0 Å². The van der Waals surface area contributed by atoms with Crippen LogP contribution < -0.4 is 4.74 Å². The van der Waals surface area contributed by atoms with Crippen LogP contribution in [0.25, 0.3) is 11.0 Å². The van der Waals surface area contributed by atoms with Crippen molar-refractivity contribution in [3.63, 3.8) is 0 Å². The fourth-order valence-corrected chi connectivity index (χ4v) is 2.62. The SMILES string of the molecule is O=C(O)CCCC(=O)n1c(COc2ccccc2)nc2ccccc21. The molecular formula is C19H18N2O4. The minimum atomic E-state index is -0.907. The molecule has 6 heteroatoms. The Kier molecular flexibility index (Phi) is 5.09. The molecule has 3 aromatic rings. The molecule has 3 rings (SSSR count).